The van der Waals surface area contributed by atoms with Gasteiger partial charge in [0.1, 0.15) is 0 Å². The molecule has 6 heteroatoms. The number of Topliss-reactive ketones (excluding diaryl/α,β-unsaturated/α-hetero) is 1. The van der Waals surface area contributed by atoms with Gasteiger partial charge in [-0.1, -0.05) is 39.8 Å². The summed E-state index contributed by atoms with van der Waals surface area (Å²) in [6.07, 6.45) is -3.91. The number of hydrogen-bond donors (Lipinski definition) is 0. The highest BCUT2D eigenvalue weighted by molar-refractivity contribution is 6.76. The number of benzene rings is 1. The van der Waals surface area contributed by atoms with E-state index in [1.807, 2.05) is 0 Å². The molecule has 142 valence electrons. The number of fused-ring (bicyclic) bond motifs is 1. The Morgan fingerprint density at radius 3 is 2.15 bits per heavy atom. The SMILES string of the molecule is CC(C)[Si]1(C(C)C)CC2CC(=O)C(c3ccc(C(F)(F)F)cc3)=C2CO1. The van der Waals surface area contributed by atoms with Crippen molar-refractivity contribution in [1.82, 2.24) is 0 Å². The number of rotatable bonds is 3. The summed E-state index contributed by atoms with van der Waals surface area (Å²) < 4.78 is 44.8. The van der Waals surface area contributed by atoms with Gasteiger partial charge in [0.05, 0.1) is 12.2 Å². The first kappa shape index (κ1) is 19.4. The second kappa shape index (κ2) is 6.64. The second-order valence-corrected chi connectivity index (χ2v) is 13.0. The van der Waals surface area contributed by atoms with Crippen LogP contribution < -0.4 is 0 Å². The summed E-state index contributed by atoms with van der Waals surface area (Å²) in [6.45, 7) is 9.25. The minimum atomic E-state index is -4.37. The molecule has 1 saturated heterocycles. The smallest absolute Gasteiger partial charge is 0.412 e. The molecule has 2 nitrogen and oxygen atoms in total. The Bertz CT molecular complexity index is 724. The Morgan fingerprint density at radius 1 is 1.08 bits per heavy atom. The van der Waals surface area contributed by atoms with Crippen LogP contribution in [0.15, 0.2) is 29.8 Å². The lowest BCUT2D eigenvalue weighted by Crippen LogP contribution is -2.49. The van der Waals surface area contributed by atoms with Crippen LogP contribution in [0.2, 0.25) is 17.1 Å². The molecule has 26 heavy (non-hydrogen) atoms. The van der Waals surface area contributed by atoms with Gasteiger partial charge in [0.15, 0.2) is 14.1 Å². The van der Waals surface area contributed by atoms with E-state index in [4.69, 9.17) is 4.43 Å². The summed E-state index contributed by atoms with van der Waals surface area (Å²) in [6, 6.07) is 5.85. The molecule has 0 N–H and O–H groups in total. The quantitative estimate of drug-likeness (QED) is 0.614. The fraction of sp³-hybridized carbons (Fsp3) is 0.550. The van der Waals surface area contributed by atoms with Gasteiger partial charge in [-0.3, -0.25) is 4.79 Å². The molecule has 1 aromatic rings. The van der Waals surface area contributed by atoms with Gasteiger partial charge in [0, 0.05) is 12.0 Å². The van der Waals surface area contributed by atoms with Crippen LogP contribution in [0.5, 0.6) is 0 Å². The van der Waals surface area contributed by atoms with Gasteiger partial charge in [-0.25, -0.2) is 0 Å². The molecule has 1 unspecified atom stereocenters. The monoisotopic (exact) mass is 382 g/mol. The molecular weight excluding hydrogens is 357 g/mol. The summed E-state index contributed by atoms with van der Waals surface area (Å²) in [4.78, 5) is 12.7. The molecule has 1 heterocycles. The Labute approximate surface area is 153 Å². The Hall–Kier alpha value is -1.40. The maximum absolute atomic E-state index is 12.8. The van der Waals surface area contributed by atoms with Crippen LogP contribution in [-0.4, -0.2) is 20.7 Å². The third kappa shape index (κ3) is 3.18. The minimum absolute atomic E-state index is 0.0330. The van der Waals surface area contributed by atoms with Gasteiger partial charge in [-0.05, 0) is 46.3 Å². The van der Waals surface area contributed by atoms with Crippen LogP contribution in [0.1, 0.15) is 45.2 Å². The number of halogens is 3. The molecule has 1 aromatic carbocycles. The van der Waals surface area contributed by atoms with Crippen molar-refractivity contribution in [2.45, 2.75) is 57.4 Å². The van der Waals surface area contributed by atoms with E-state index in [1.165, 1.54) is 12.1 Å². The molecule has 2 aliphatic rings. The molecule has 1 atom stereocenters. The van der Waals surface area contributed by atoms with Crippen LogP contribution in [0.25, 0.3) is 5.57 Å². The lowest BCUT2D eigenvalue weighted by molar-refractivity contribution is -0.137. The summed E-state index contributed by atoms with van der Waals surface area (Å²) in [7, 11) is -1.95. The van der Waals surface area contributed by atoms with Crippen LogP contribution >= 0.6 is 0 Å². The predicted molar refractivity (Wildman–Crippen MR) is 98.2 cm³/mol. The van der Waals surface area contributed by atoms with Gasteiger partial charge in [-0.15, -0.1) is 0 Å². The van der Waals surface area contributed by atoms with Gasteiger partial charge in [0.2, 0.25) is 0 Å². The predicted octanol–water partition coefficient (Wildman–Crippen LogP) is 5.84. The van der Waals surface area contributed by atoms with Crippen LogP contribution in [0.3, 0.4) is 0 Å². The Kier molecular flexibility index (Phi) is 4.94. The van der Waals surface area contributed by atoms with Crippen molar-refractivity contribution in [3.05, 3.63) is 41.0 Å². The van der Waals surface area contributed by atoms with Crippen molar-refractivity contribution in [2.24, 2.45) is 5.92 Å². The third-order valence-electron chi connectivity index (χ3n) is 6.04. The number of alkyl halides is 3. The number of carbonyl (C=O) groups excluding carboxylic acids is 1. The van der Waals surface area contributed by atoms with Crippen molar-refractivity contribution >= 4 is 19.7 Å². The van der Waals surface area contributed by atoms with E-state index in [0.717, 1.165) is 23.7 Å². The van der Waals surface area contributed by atoms with E-state index in [0.29, 0.717) is 35.2 Å². The van der Waals surface area contributed by atoms with Crippen molar-refractivity contribution in [3.63, 3.8) is 0 Å². The number of allylic oxidation sites excluding steroid dienone is 1. The van der Waals surface area contributed by atoms with Crippen LogP contribution in [0, 0.1) is 5.92 Å². The van der Waals surface area contributed by atoms with Crippen molar-refractivity contribution < 1.29 is 22.4 Å². The number of ketones is 1. The van der Waals surface area contributed by atoms with Crippen molar-refractivity contribution in [2.75, 3.05) is 6.61 Å². The van der Waals surface area contributed by atoms with Crippen LogP contribution in [0.4, 0.5) is 13.2 Å². The van der Waals surface area contributed by atoms with E-state index in [2.05, 4.69) is 27.7 Å². The summed E-state index contributed by atoms with van der Waals surface area (Å²) in [5, 5.41) is 0. The van der Waals surface area contributed by atoms with E-state index in [-0.39, 0.29) is 11.7 Å². The molecule has 1 fully saturated rings. The van der Waals surface area contributed by atoms with Gasteiger partial charge in [0.25, 0.3) is 0 Å². The summed E-state index contributed by atoms with van der Waals surface area (Å²) in [5.41, 5.74) is 2.38. The highest BCUT2D eigenvalue weighted by atomic mass is 28.4. The lowest BCUT2D eigenvalue weighted by Gasteiger charge is -2.44. The fourth-order valence-electron chi connectivity index (χ4n) is 4.52. The maximum Gasteiger partial charge on any atom is 0.416 e. The van der Waals surface area contributed by atoms with Crippen molar-refractivity contribution in [3.8, 4) is 0 Å². The number of carbonyl (C=O) groups is 1. The molecule has 0 radical (unpaired) electrons. The molecule has 0 saturated carbocycles. The topological polar surface area (TPSA) is 26.3 Å². The second-order valence-electron chi connectivity index (χ2n) is 8.06. The maximum atomic E-state index is 12.8. The molecule has 0 spiro atoms. The van der Waals surface area contributed by atoms with E-state index in [9.17, 15) is 18.0 Å². The average Bonchev–Trinajstić information content (AvgIpc) is 2.88. The van der Waals surface area contributed by atoms with E-state index >= 15 is 0 Å². The third-order valence-corrected chi connectivity index (χ3v) is 11.8. The molecule has 0 aromatic heterocycles. The van der Waals surface area contributed by atoms with Gasteiger partial charge in [-0.2, -0.15) is 13.2 Å². The lowest BCUT2D eigenvalue weighted by atomic mass is 9.98. The zero-order chi connectivity index (χ0) is 19.3. The summed E-state index contributed by atoms with van der Waals surface area (Å²) in [5.74, 6) is 0.218. The Morgan fingerprint density at radius 2 is 1.65 bits per heavy atom. The molecule has 1 aliphatic carbocycles. The average molecular weight is 382 g/mol. The molecule has 0 bridgehead atoms. The first-order chi connectivity index (χ1) is 12.1. The molecular formula is C20H25F3O2Si. The van der Waals surface area contributed by atoms with E-state index < -0.39 is 20.1 Å². The molecule has 3 rings (SSSR count). The highest BCUT2D eigenvalue weighted by Crippen LogP contribution is 2.50. The standard InChI is InChI=1S/C20H25F3O2Si/c1-12(2)26(13(3)4)11-15-9-18(24)19(17(15)10-25-26)14-5-7-16(8-6-14)20(21,22)23/h5-8,12-13,15H,9-11H2,1-4H3. The normalized spacial score (nSPS) is 23.1. The zero-order valence-corrected chi connectivity index (χ0v) is 16.6. The van der Waals surface area contributed by atoms with Gasteiger partial charge >= 0.3 is 6.18 Å². The first-order valence-electron chi connectivity index (χ1n) is 9.14. The molecule has 1 aliphatic heterocycles. The van der Waals surface area contributed by atoms with Gasteiger partial charge < -0.3 is 4.43 Å². The van der Waals surface area contributed by atoms with E-state index in [1.54, 1.807) is 0 Å². The van der Waals surface area contributed by atoms with Crippen molar-refractivity contribution in [1.29, 1.82) is 0 Å². The minimum Gasteiger partial charge on any atom is -0.412 e. The summed E-state index contributed by atoms with van der Waals surface area (Å²) >= 11 is 0. The zero-order valence-electron chi connectivity index (χ0n) is 15.6. The van der Waals surface area contributed by atoms with Crippen LogP contribution in [-0.2, 0) is 15.4 Å². The highest BCUT2D eigenvalue weighted by Gasteiger charge is 2.50. The first-order valence-corrected chi connectivity index (χ1v) is 11.4. The Balaban J connectivity index is 1.94. The fourth-order valence-corrected chi connectivity index (χ4v) is 9.16. The number of hydrogen-bond acceptors (Lipinski definition) is 2. The molecule has 0 amide bonds. The largest absolute Gasteiger partial charge is 0.416 e.